The number of aliphatic hydroxyl groups excluding tert-OH is 2. The van der Waals surface area contributed by atoms with Gasteiger partial charge in [-0.2, -0.15) is 0 Å². The Bertz CT molecular complexity index is 1620. The van der Waals surface area contributed by atoms with E-state index < -0.39 is 67.3 Å². The fourth-order valence-electron chi connectivity index (χ4n) is 9.09. The molecule has 0 bridgehead atoms. The Kier molecular flexibility index (Phi) is 48.8. The molecule has 0 radical (unpaired) electrons. The zero-order valence-electron chi connectivity index (χ0n) is 48.7. The molecule has 1 fully saturated rings. The Morgan fingerprint density at radius 2 is 0.857 bits per heavy atom. The Morgan fingerprint density at radius 1 is 0.455 bits per heavy atom. The van der Waals surface area contributed by atoms with Crippen LogP contribution in [0.15, 0.2) is 72.9 Å². The number of carboxylic acid groups (broad SMARTS) is 1. The number of allylic oxidation sites excluding steroid dienone is 11. The van der Waals surface area contributed by atoms with Crippen LogP contribution in [0.4, 0.5) is 0 Å². The summed E-state index contributed by atoms with van der Waals surface area (Å²) < 4.78 is 28.3. The van der Waals surface area contributed by atoms with Crippen molar-refractivity contribution in [2.75, 3.05) is 13.2 Å². The van der Waals surface area contributed by atoms with Gasteiger partial charge >= 0.3 is 23.9 Å². The van der Waals surface area contributed by atoms with E-state index in [0.29, 0.717) is 19.3 Å². The standard InChI is InChI=1S/C65H110O12/c1-4-7-10-13-16-19-22-25-27-28-29-30-32-34-36-39-42-45-48-51-57(66)73-54-56(75-58(67)52-49-46-43-40-37-33-24-21-18-15-12-9-6-3)55-74-65-63(61(70)60(69)62(77-65)64(71)72)76-59(68)53-50-47-44-41-38-35-31-26-23-20-17-14-11-8-5-2/h8,11,17,20,25-27,31,38,41,47,50,56,60-63,65,69-70H,4-7,9-10,12-16,18-19,21-24,28-30,32-37,39-40,42-46,48-49,51-55H2,1-3H3,(H,71,72)/b11-8-,20-17-,27-25-,31-26-,41-38-,50-47-. The Labute approximate surface area is 468 Å². The molecule has 1 rings (SSSR count). The van der Waals surface area contributed by atoms with Crippen LogP contribution in [0, 0.1) is 0 Å². The summed E-state index contributed by atoms with van der Waals surface area (Å²) in [5.74, 6) is -3.27. The SMILES string of the molecule is CC/C=C\C/C=C\C/C=C\C/C=C\C/C=C\CC(=O)OC1C(OCC(COC(=O)CCCCCCCCCCC/C=C\CCCCCCCC)OC(=O)CCCCCCCCCCCCCCC)OC(C(=O)O)C(O)C1O. The molecule has 6 atom stereocenters. The van der Waals surface area contributed by atoms with Gasteiger partial charge in [0.2, 0.25) is 0 Å². The van der Waals surface area contributed by atoms with Crippen LogP contribution < -0.4 is 0 Å². The van der Waals surface area contributed by atoms with Crippen molar-refractivity contribution in [1.82, 2.24) is 0 Å². The lowest BCUT2D eigenvalue weighted by atomic mass is 9.98. The smallest absolute Gasteiger partial charge is 0.335 e. The van der Waals surface area contributed by atoms with Gasteiger partial charge in [0, 0.05) is 12.8 Å². The normalized spacial score (nSPS) is 18.5. The summed E-state index contributed by atoms with van der Waals surface area (Å²) in [7, 11) is 0. The highest BCUT2D eigenvalue weighted by Gasteiger charge is 2.50. The van der Waals surface area contributed by atoms with E-state index in [1.165, 1.54) is 141 Å². The van der Waals surface area contributed by atoms with Crippen LogP contribution in [0.1, 0.15) is 265 Å². The van der Waals surface area contributed by atoms with E-state index in [1.807, 2.05) is 12.2 Å². The molecular formula is C65H110O12. The summed E-state index contributed by atoms with van der Waals surface area (Å²) in [6, 6.07) is 0. The highest BCUT2D eigenvalue weighted by atomic mass is 16.7. The van der Waals surface area contributed by atoms with Crippen LogP contribution in [-0.2, 0) is 42.9 Å². The summed E-state index contributed by atoms with van der Waals surface area (Å²) in [6.45, 7) is 5.85. The summed E-state index contributed by atoms with van der Waals surface area (Å²) >= 11 is 0. The van der Waals surface area contributed by atoms with Crippen LogP contribution in [0.3, 0.4) is 0 Å². The second kappa shape index (κ2) is 52.8. The Hall–Kier alpha value is -3.84. The molecule has 0 aromatic heterocycles. The quantitative estimate of drug-likeness (QED) is 0.0228. The summed E-state index contributed by atoms with van der Waals surface area (Å²) in [5, 5.41) is 31.5. The van der Waals surface area contributed by atoms with E-state index in [0.717, 1.165) is 64.2 Å². The van der Waals surface area contributed by atoms with E-state index in [9.17, 15) is 34.5 Å². The van der Waals surface area contributed by atoms with Crippen LogP contribution in [-0.4, -0.2) is 89.2 Å². The maximum atomic E-state index is 13.1. The molecule has 1 aliphatic rings. The van der Waals surface area contributed by atoms with Crippen molar-refractivity contribution in [2.45, 2.75) is 302 Å². The van der Waals surface area contributed by atoms with E-state index in [2.05, 4.69) is 69.4 Å². The minimum atomic E-state index is -1.93. The molecule has 0 spiro atoms. The number of carbonyl (C=O) groups excluding carboxylic acids is 3. The van der Waals surface area contributed by atoms with Gasteiger partial charge in [0.25, 0.3) is 0 Å². The largest absolute Gasteiger partial charge is 0.479 e. The third-order valence-electron chi connectivity index (χ3n) is 13.8. The first-order chi connectivity index (χ1) is 37.6. The predicted molar refractivity (Wildman–Crippen MR) is 312 cm³/mol. The lowest BCUT2D eigenvalue weighted by Gasteiger charge is -2.40. The molecular weight excluding hydrogens is 973 g/mol. The molecule has 12 nitrogen and oxygen atoms in total. The van der Waals surface area contributed by atoms with Gasteiger partial charge in [-0.3, -0.25) is 14.4 Å². The summed E-state index contributed by atoms with van der Waals surface area (Å²) in [4.78, 5) is 51.1. The number of unbranched alkanes of at least 4 members (excludes halogenated alkanes) is 27. The minimum absolute atomic E-state index is 0.154. The van der Waals surface area contributed by atoms with Gasteiger partial charge in [-0.1, -0.05) is 248 Å². The van der Waals surface area contributed by atoms with Crippen molar-refractivity contribution in [3.8, 4) is 0 Å². The zero-order chi connectivity index (χ0) is 56.1. The van der Waals surface area contributed by atoms with Gasteiger partial charge in [-0.25, -0.2) is 4.79 Å². The third kappa shape index (κ3) is 42.7. The monoisotopic (exact) mass is 1080 g/mol. The topological polar surface area (TPSA) is 175 Å². The van der Waals surface area contributed by atoms with Gasteiger partial charge in [0.15, 0.2) is 24.6 Å². The fourth-order valence-corrected chi connectivity index (χ4v) is 9.09. The Balaban J connectivity index is 2.70. The average molecular weight is 1080 g/mol. The number of hydrogen-bond acceptors (Lipinski definition) is 11. The van der Waals surface area contributed by atoms with Crippen molar-refractivity contribution < 1.29 is 58.2 Å². The molecule has 1 heterocycles. The first-order valence-electron chi connectivity index (χ1n) is 30.9. The van der Waals surface area contributed by atoms with Crippen molar-refractivity contribution >= 4 is 23.9 Å². The highest BCUT2D eigenvalue weighted by Crippen LogP contribution is 2.26. The molecule has 3 N–H and O–H groups in total. The molecule has 77 heavy (non-hydrogen) atoms. The minimum Gasteiger partial charge on any atom is -0.479 e. The average Bonchev–Trinajstić information content (AvgIpc) is 3.42. The molecule has 12 heteroatoms. The van der Waals surface area contributed by atoms with Crippen molar-refractivity contribution in [3.05, 3.63) is 72.9 Å². The van der Waals surface area contributed by atoms with Gasteiger partial charge in [-0.15, -0.1) is 0 Å². The number of carbonyl (C=O) groups is 4. The number of rotatable bonds is 52. The molecule has 0 aliphatic carbocycles. The predicted octanol–water partition coefficient (Wildman–Crippen LogP) is 16.1. The lowest BCUT2D eigenvalue weighted by molar-refractivity contribution is -0.301. The molecule has 1 saturated heterocycles. The first kappa shape index (κ1) is 71.2. The molecule has 0 aromatic rings. The second-order valence-electron chi connectivity index (χ2n) is 21.0. The van der Waals surface area contributed by atoms with Gasteiger partial charge < -0.3 is 39.0 Å². The molecule has 0 saturated carbocycles. The number of aliphatic hydroxyl groups is 2. The van der Waals surface area contributed by atoms with E-state index in [-0.39, 0.29) is 25.9 Å². The van der Waals surface area contributed by atoms with Crippen LogP contribution in [0.25, 0.3) is 0 Å². The van der Waals surface area contributed by atoms with Crippen LogP contribution >= 0.6 is 0 Å². The number of hydrogen-bond donors (Lipinski definition) is 3. The van der Waals surface area contributed by atoms with E-state index in [1.54, 1.807) is 12.2 Å². The number of carboxylic acids is 1. The molecule has 1 aliphatic heterocycles. The number of aliphatic carboxylic acids is 1. The zero-order valence-corrected chi connectivity index (χ0v) is 48.7. The molecule has 0 amide bonds. The molecule has 442 valence electrons. The summed E-state index contributed by atoms with van der Waals surface area (Å²) in [5.41, 5.74) is 0. The number of ether oxygens (including phenoxy) is 5. The van der Waals surface area contributed by atoms with Crippen molar-refractivity contribution in [2.24, 2.45) is 0 Å². The Morgan fingerprint density at radius 3 is 1.30 bits per heavy atom. The second-order valence-corrected chi connectivity index (χ2v) is 21.0. The van der Waals surface area contributed by atoms with Crippen LogP contribution in [0.2, 0.25) is 0 Å². The van der Waals surface area contributed by atoms with Gasteiger partial charge in [0.05, 0.1) is 13.0 Å². The molecule has 0 aromatic carbocycles. The maximum Gasteiger partial charge on any atom is 0.335 e. The van der Waals surface area contributed by atoms with E-state index in [4.69, 9.17) is 23.7 Å². The summed E-state index contributed by atoms with van der Waals surface area (Å²) in [6.07, 6.45) is 54.7. The first-order valence-corrected chi connectivity index (χ1v) is 30.9. The van der Waals surface area contributed by atoms with Crippen molar-refractivity contribution in [3.63, 3.8) is 0 Å². The van der Waals surface area contributed by atoms with Crippen molar-refractivity contribution in [1.29, 1.82) is 0 Å². The highest BCUT2D eigenvalue weighted by molar-refractivity contribution is 5.74. The number of esters is 3. The van der Waals surface area contributed by atoms with Gasteiger partial charge in [-0.05, 0) is 70.6 Å². The van der Waals surface area contributed by atoms with Crippen LogP contribution in [0.5, 0.6) is 0 Å². The molecule has 6 unspecified atom stereocenters. The van der Waals surface area contributed by atoms with E-state index >= 15 is 0 Å². The maximum absolute atomic E-state index is 13.1. The fraction of sp³-hybridized carbons (Fsp3) is 0.754. The van der Waals surface area contributed by atoms with Gasteiger partial charge in [0.1, 0.15) is 18.8 Å². The third-order valence-corrected chi connectivity index (χ3v) is 13.8. The lowest BCUT2D eigenvalue weighted by Crippen LogP contribution is -2.61.